The molecule has 3 heterocycles. The number of aromatic nitrogens is 5. The van der Waals surface area contributed by atoms with Crippen LogP contribution in [0.5, 0.6) is 11.5 Å². The Morgan fingerprint density at radius 2 is 1.76 bits per heavy atom. The largest absolute Gasteiger partial charge is 0.457 e. The summed E-state index contributed by atoms with van der Waals surface area (Å²) in [6.45, 7) is 6.54. The van der Waals surface area contributed by atoms with Gasteiger partial charge in [-0.15, -0.1) is 5.10 Å². The van der Waals surface area contributed by atoms with Gasteiger partial charge in [-0.3, -0.25) is 0 Å². The fraction of sp³-hybridized carbons (Fsp3) is 0.222. The van der Waals surface area contributed by atoms with Crippen molar-refractivity contribution < 1.29 is 14.6 Å². The second-order valence-corrected chi connectivity index (χ2v) is 9.65. The topological polar surface area (TPSA) is 114 Å². The van der Waals surface area contributed by atoms with Crippen molar-refractivity contribution in [2.24, 2.45) is 7.05 Å². The molecule has 10 heteroatoms. The lowest BCUT2D eigenvalue weighted by atomic mass is 9.92. The highest BCUT2D eigenvalue weighted by Gasteiger charge is 2.24. The molecular formula is C27H29N7O3. The number of rotatable bonds is 8. The minimum atomic E-state index is -0.238. The molecule has 0 amide bonds. The number of ether oxygens (including phenoxy) is 1. The first-order chi connectivity index (χ1) is 17.8. The second kappa shape index (κ2) is 9.82. The highest BCUT2D eigenvalue weighted by molar-refractivity contribution is 5.81. The molecule has 0 aliphatic rings. The van der Waals surface area contributed by atoms with E-state index in [0.29, 0.717) is 35.7 Å². The zero-order valence-electron chi connectivity index (χ0n) is 21.2. The third-order valence-corrected chi connectivity index (χ3v) is 5.72. The number of hydrogen-bond donors (Lipinski definition) is 2. The maximum Gasteiger partial charge on any atom is 0.209 e. The second-order valence-electron chi connectivity index (χ2n) is 9.65. The van der Waals surface area contributed by atoms with Gasteiger partial charge in [0.15, 0.2) is 5.82 Å². The Hall–Kier alpha value is -4.57. The molecule has 0 fully saturated rings. The van der Waals surface area contributed by atoms with E-state index in [1.54, 1.807) is 18.3 Å². The van der Waals surface area contributed by atoms with Crippen molar-refractivity contribution in [3.63, 3.8) is 0 Å². The Labute approximate surface area is 214 Å². The van der Waals surface area contributed by atoms with Crippen molar-refractivity contribution in [2.45, 2.75) is 32.8 Å². The smallest absolute Gasteiger partial charge is 0.209 e. The first-order valence-corrected chi connectivity index (χ1v) is 11.8. The van der Waals surface area contributed by atoms with Gasteiger partial charge in [0.2, 0.25) is 5.95 Å². The highest BCUT2D eigenvalue weighted by Crippen LogP contribution is 2.30. The lowest BCUT2D eigenvalue weighted by Gasteiger charge is -2.18. The third-order valence-electron chi connectivity index (χ3n) is 5.72. The summed E-state index contributed by atoms with van der Waals surface area (Å²) in [6.07, 6.45) is 1.61. The molecule has 10 nitrogen and oxygen atoms in total. The molecule has 3 aromatic heterocycles. The van der Waals surface area contributed by atoms with Gasteiger partial charge < -0.3 is 20.4 Å². The lowest BCUT2D eigenvalue weighted by molar-refractivity contribution is -0.312. The molecule has 37 heavy (non-hydrogen) atoms. The van der Waals surface area contributed by atoms with Crippen LogP contribution in [0.15, 0.2) is 72.9 Å². The number of anilines is 3. The molecule has 0 atom stereocenters. The predicted molar refractivity (Wildman–Crippen MR) is 141 cm³/mol. The van der Waals surface area contributed by atoms with Crippen molar-refractivity contribution >= 4 is 28.6 Å². The molecular weight excluding hydrogens is 470 g/mol. The summed E-state index contributed by atoms with van der Waals surface area (Å²) in [5.74, 6) is 2.87. The Bertz CT molecular complexity index is 1520. The van der Waals surface area contributed by atoms with Crippen LogP contribution in [0.3, 0.4) is 0 Å². The number of aryl methyl sites for hydroxylation is 1. The number of nitrogens with two attached hydrogens (primary N) is 1. The lowest BCUT2D eigenvalue weighted by Crippen LogP contribution is -2.23. The average Bonchev–Trinajstić information content (AvgIpc) is 3.41. The van der Waals surface area contributed by atoms with Crippen molar-refractivity contribution in [1.29, 1.82) is 0 Å². The van der Waals surface area contributed by atoms with Gasteiger partial charge in [-0.05, 0) is 23.8 Å². The van der Waals surface area contributed by atoms with E-state index in [-0.39, 0.29) is 5.41 Å². The van der Waals surface area contributed by atoms with Crippen LogP contribution in [0.4, 0.5) is 17.6 Å². The van der Waals surface area contributed by atoms with Gasteiger partial charge in [-0.25, -0.2) is 15.0 Å². The van der Waals surface area contributed by atoms with Gasteiger partial charge in [0.05, 0.1) is 16.7 Å². The van der Waals surface area contributed by atoms with E-state index in [0.717, 1.165) is 22.3 Å². The fourth-order valence-electron chi connectivity index (χ4n) is 3.79. The molecule has 0 aliphatic heterocycles. The zero-order chi connectivity index (χ0) is 26.0. The van der Waals surface area contributed by atoms with Crippen LogP contribution in [0, 0.1) is 0 Å². The van der Waals surface area contributed by atoms with Gasteiger partial charge >= 0.3 is 0 Å². The van der Waals surface area contributed by atoms with Crippen LogP contribution in [-0.4, -0.2) is 24.5 Å². The first kappa shape index (κ1) is 24.1. The highest BCUT2D eigenvalue weighted by atomic mass is 17.3. The van der Waals surface area contributed by atoms with Gasteiger partial charge in [0.25, 0.3) is 0 Å². The molecule has 0 saturated heterocycles. The number of nitrogens with zero attached hydrogens (tertiary/aromatic N) is 5. The molecule has 190 valence electrons. The monoisotopic (exact) mass is 499 g/mol. The van der Waals surface area contributed by atoms with E-state index in [9.17, 15) is 0 Å². The summed E-state index contributed by atoms with van der Waals surface area (Å²) in [5.41, 5.74) is 9.06. The van der Waals surface area contributed by atoms with E-state index in [1.807, 2.05) is 66.2 Å². The molecule has 0 aliphatic carbocycles. The summed E-state index contributed by atoms with van der Waals surface area (Å²) in [4.78, 5) is 21.2. The maximum atomic E-state index is 5.95. The van der Waals surface area contributed by atoms with Crippen molar-refractivity contribution in [3.8, 4) is 11.5 Å². The SMILES string of the molecule is Cn1c(Nc2cc(C(C)(C)C)n(OOCc3ccccc3)n2)nc2ccc(Oc3ccnc(N)c3)cc21. The standard InChI is InChI=1S/C27H29N7O3/c1-27(2,3)23-16-25(32-34(23)37-35-17-18-8-6-5-7-9-18)31-26-30-21-11-10-19(14-22(21)33(26)4)36-20-12-13-29-24(28)15-20/h5-16H,17H2,1-4H3,(H2,28,29)(H,30,31,32). The Balaban J connectivity index is 1.35. The maximum absolute atomic E-state index is 5.95. The van der Waals surface area contributed by atoms with Gasteiger partial charge in [-0.1, -0.05) is 55.9 Å². The summed E-state index contributed by atoms with van der Waals surface area (Å²) < 4.78 is 7.88. The van der Waals surface area contributed by atoms with Crippen molar-refractivity contribution in [2.75, 3.05) is 11.1 Å². The zero-order valence-corrected chi connectivity index (χ0v) is 21.2. The van der Waals surface area contributed by atoms with Crippen LogP contribution >= 0.6 is 0 Å². The minimum absolute atomic E-state index is 0.238. The van der Waals surface area contributed by atoms with Crippen LogP contribution < -0.4 is 20.8 Å². The molecule has 5 aromatic rings. The summed E-state index contributed by atoms with van der Waals surface area (Å²) in [7, 11) is 1.92. The molecule has 5 rings (SSSR count). The van der Waals surface area contributed by atoms with E-state index >= 15 is 0 Å². The molecule has 0 bridgehead atoms. The Morgan fingerprint density at radius 1 is 0.973 bits per heavy atom. The number of hydrogen-bond acceptors (Lipinski definition) is 8. The number of pyridine rings is 1. The normalized spacial score (nSPS) is 11.6. The fourth-order valence-corrected chi connectivity index (χ4v) is 3.79. The molecule has 3 N–H and O–H groups in total. The van der Waals surface area contributed by atoms with E-state index in [1.165, 1.54) is 4.85 Å². The van der Waals surface area contributed by atoms with E-state index < -0.39 is 0 Å². The Kier molecular flexibility index (Phi) is 6.41. The number of nitrogens with one attached hydrogen (secondary N) is 1. The Morgan fingerprint density at radius 3 is 2.51 bits per heavy atom. The number of fused-ring (bicyclic) bond motifs is 1. The molecule has 0 saturated carbocycles. The van der Waals surface area contributed by atoms with E-state index in [2.05, 4.69) is 36.2 Å². The average molecular weight is 500 g/mol. The molecule has 0 spiro atoms. The summed E-state index contributed by atoms with van der Waals surface area (Å²) >= 11 is 0. The minimum Gasteiger partial charge on any atom is -0.457 e. The summed E-state index contributed by atoms with van der Waals surface area (Å²) in [6, 6.07) is 20.8. The van der Waals surface area contributed by atoms with Crippen LogP contribution in [0.25, 0.3) is 11.0 Å². The molecule has 0 unspecified atom stereocenters. The third kappa shape index (κ3) is 5.49. The van der Waals surface area contributed by atoms with Crippen molar-refractivity contribution in [3.05, 3.63) is 84.2 Å². The van der Waals surface area contributed by atoms with E-state index in [4.69, 9.17) is 25.3 Å². The summed E-state index contributed by atoms with van der Waals surface area (Å²) in [5, 5.41) is 7.86. The predicted octanol–water partition coefficient (Wildman–Crippen LogP) is 5.14. The molecule has 0 radical (unpaired) electrons. The van der Waals surface area contributed by atoms with Crippen molar-refractivity contribution in [1.82, 2.24) is 24.5 Å². The number of imidazole rings is 1. The number of benzene rings is 2. The van der Waals surface area contributed by atoms with Gasteiger partial charge in [-0.2, -0.15) is 4.89 Å². The van der Waals surface area contributed by atoms with Crippen LogP contribution in [-0.2, 0) is 24.0 Å². The van der Waals surface area contributed by atoms with Crippen LogP contribution in [0.1, 0.15) is 32.0 Å². The first-order valence-electron chi connectivity index (χ1n) is 11.8. The van der Waals surface area contributed by atoms with Gasteiger partial charge in [0.1, 0.15) is 23.9 Å². The quantitative estimate of drug-likeness (QED) is 0.223. The molecule has 2 aromatic carbocycles. The van der Waals surface area contributed by atoms with Gasteiger partial charge in [0, 0.05) is 36.9 Å². The van der Waals surface area contributed by atoms with Crippen LogP contribution in [0.2, 0.25) is 0 Å². The number of nitrogen functional groups attached to an aromatic ring is 1.